The van der Waals surface area contributed by atoms with Crippen LogP contribution in [0.25, 0.3) is 38.8 Å². The summed E-state index contributed by atoms with van der Waals surface area (Å²) in [5.74, 6) is -4.32. The molecule has 0 radical (unpaired) electrons. The molecule has 10 heteroatoms. The van der Waals surface area contributed by atoms with Crippen molar-refractivity contribution in [3.05, 3.63) is 83.6 Å². The number of aromatic nitrogens is 4. The van der Waals surface area contributed by atoms with E-state index in [0.717, 1.165) is 18.3 Å². The molecule has 0 spiro atoms. The van der Waals surface area contributed by atoms with Gasteiger partial charge in [-0.2, -0.15) is 4.39 Å². The maximum atomic E-state index is 15.0. The van der Waals surface area contributed by atoms with Gasteiger partial charge in [-0.15, -0.1) is 0 Å². The van der Waals surface area contributed by atoms with Crippen molar-refractivity contribution < 1.29 is 22.4 Å². The summed E-state index contributed by atoms with van der Waals surface area (Å²) in [5.41, 5.74) is 6.10. The Balaban J connectivity index is 1.94. The van der Waals surface area contributed by atoms with E-state index in [1.54, 1.807) is 4.57 Å². The quantitative estimate of drug-likeness (QED) is 0.276. The fraction of sp³-hybridized carbons (Fsp3) is 0.120. The van der Waals surface area contributed by atoms with Gasteiger partial charge in [-0.05, 0) is 48.4 Å². The molecule has 2 aromatic carbocycles. The Morgan fingerprint density at radius 3 is 2.46 bits per heavy atom. The summed E-state index contributed by atoms with van der Waals surface area (Å²) >= 11 is 0. The zero-order valence-corrected chi connectivity index (χ0v) is 18.3. The van der Waals surface area contributed by atoms with E-state index in [2.05, 4.69) is 15.0 Å². The molecule has 5 rings (SSSR count). The van der Waals surface area contributed by atoms with Gasteiger partial charge in [0.25, 0.3) is 5.91 Å². The predicted octanol–water partition coefficient (Wildman–Crippen LogP) is 5.24. The molecule has 0 saturated carbocycles. The van der Waals surface area contributed by atoms with Crippen LogP contribution >= 0.6 is 0 Å². The van der Waals surface area contributed by atoms with E-state index in [4.69, 9.17) is 5.73 Å². The number of imidazole rings is 1. The van der Waals surface area contributed by atoms with Crippen LogP contribution in [0.5, 0.6) is 0 Å². The van der Waals surface area contributed by atoms with Crippen molar-refractivity contribution in [2.24, 2.45) is 5.73 Å². The molecule has 3 aromatic heterocycles. The summed E-state index contributed by atoms with van der Waals surface area (Å²) in [6, 6.07) is 7.55. The zero-order valence-electron chi connectivity index (χ0n) is 18.3. The van der Waals surface area contributed by atoms with E-state index >= 15 is 0 Å². The first-order valence-electron chi connectivity index (χ1n) is 10.7. The molecule has 0 atom stereocenters. The maximum Gasteiger partial charge on any atom is 0.250 e. The van der Waals surface area contributed by atoms with Gasteiger partial charge >= 0.3 is 0 Å². The number of rotatable bonds is 5. The number of fused-ring (bicyclic) bond motifs is 2. The number of amides is 1. The van der Waals surface area contributed by atoms with Crippen LogP contribution in [0, 0.1) is 23.4 Å². The maximum absolute atomic E-state index is 15.0. The average Bonchev–Trinajstić information content (AvgIpc) is 3.20. The highest BCUT2D eigenvalue weighted by molar-refractivity contribution is 6.07. The van der Waals surface area contributed by atoms with Gasteiger partial charge in [-0.1, -0.05) is 6.92 Å². The molecule has 0 aliphatic carbocycles. The number of pyridine rings is 2. The van der Waals surface area contributed by atoms with Crippen LogP contribution < -0.4 is 5.73 Å². The Morgan fingerprint density at radius 1 is 0.971 bits per heavy atom. The third kappa shape index (κ3) is 3.58. The Labute approximate surface area is 196 Å². The van der Waals surface area contributed by atoms with Crippen molar-refractivity contribution in [1.82, 2.24) is 19.5 Å². The molecule has 2 N–H and O–H groups in total. The Kier molecular flexibility index (Phi) is 5.43. The van der Waals surface area contributed by atoms with Gasteiger partial charge in [0.15, 0.2) is 5.82 Å². The van der Waals surface area contributed by atoms with Crippen molar-refractivity contribution in [2.75, 3.05) is 0 Å². The summed E-state index contributed by atoms with van der Waals surface area (Å²) in [7, 11) is 0. The van der Waals surface area contributed by atoms with Crippen LogP contribution in [0.1, 0.15) is 29.5 Å². The smallest absolute Gasteiger partial charge is 0.250 e. The first-order chi connectivity index (χ1) is 16.8. The lowest BCUT2D eigenvalue weighted by molar-refractivity contribution is 0.100. The number of hydrogen-bond acceptors (Lipinski definition) is 4. The molecule has 5 aromatic rings. The zero-order chi connectivity index (χ0) is 24.9. The molecular formula is C25H17F4N5O. The van der Waals surface area contributed by atoms with Gasteiger partial charge in [0.2, 0.25) is 5.95 Å². The highest BCUT2D eigenvalue weighted by Gasteiger charge is 2.23. The van der Waals surface area contributed by atoms with Crippen molar-refractivity contribution in [3.8, 4) is 16.8 Å². The van der Waals surface area contributed by atoms with Crippen molar-refractivity contribution in [2.45, 2.75) is 19.8 Å². The van der Waals surface area contributed by atoms with Crippen LogP contribution in [0.15, 0.2) is 48.8 Å². The molecule has 0 saturated heterocycles. The lowest BCUT2D eigenvalue weighted by atomic mass is 10.0. The normalized spacial score (nSPS) is 11.5. The van der Waals surface area contributed by atoms with Crippen molar-refractivity contribution in [1.29, 1.82) is 0 Å². The lowest BCUT2D eigenvalue weighted by Crippen LogP contribution is -2.12. The number of aryl methyl sites for hydroxylation is 1. The van der Waals surface area contributed by atoms with E-state index < -0.39 is 29.3 Å². The molecule has 176 valence electrons. The second-order valence-corrected chi connectivity index (χ2v) is 7.92. The number of nitrogens with two attached hydrogens (primary N) is 1. The molecule has 0 bridgehead atoms. The standard InChI is InChI=1S/C25H17F4N5O/c1-2-3-19-33-22-14(25(30)35)10-12(13-6-8-32-24(29)21(13)28)11-18(22)34(19)17-7-9-31-23-16(27)5-4-15(26)20(17)23/h4-11H,2-3H2,1H3,(H2,30,35). The summed E-state index contributed by atoms with van der Waals surface area (Å²) in [6.45, 7) is 1.91. The molecule has 1 amide bonds. The van der Waals surface area contributed by atoms with Crippen LogP contribution in [0.2, 0.25) is 0 Å². The molecule has 0 fully saturated rings. The Hall–Kier alpha value is -4.34. The van der Waals surface area contributed by atoms with E-state index in [1.165, 1.54) is 30.5 Å². The molecule has 3 heterocycles. The summed E-state index contributed by atoms with van der Waals surface area (Å²) in [6.07, 6.45) is 3.49. The number of benzene rings is 2. The number of halogens is 4. The van der Waals surface area contributed by atoms with Gasteiger partial charge in [0.1, 0.15) is 28.5 Å². The average molecular weight is 479 g/mol. The number of hydrogen-bond donors (Lipinski definition) is 1. The molecule has 6 nitrogen and oxygen atoms in total. The van der Waals surface area contributed by atoms with E-state index in [-0.39, 0.29) is 44.3 Å². The Morgan fingerprint density at radius 2 is 1.71 bits per heavy atom. The topological polar surface area (TPSA) is 86.7 Å². The molecular weight excluding hydrogens is 462 g/mol. The first kappa shape index (κ1) is 22.5. The summed E-state index contributed by atoms with van der Waals surface area (Å²) in [5, 5.41) is -0.0867. The summed E-state index contributed by atoms with van der Waals surface area (Å²) in [4.78, 5) is 24.2. The number of carbonyl (C=O) groups excluding carboxylic acids is 1. The second kappa shape index (κ2) is 8.46. The minimum Gasteiger partial charge on any atom is -0.366 e. The van der Waals surface area contributed by atoms with Gasteiger partial charge in [-0.3, -0.25) is 14.3 Å². The molecule has 0 aliphatic heterocycles. The van der Waals surface area contributed by atoms with Crippen LogP contribution in [0.3, 0.4) is 0 Å². The monoisotopic (exact) mass is 479 g/mol. The van der Waals surface area contributed by atoms with Crippen LogP contribution in [0.4, 0.5) is 17.6 Å². The minimum absolute atomic E-state index is 0.0322. The molecule has 0 unspecified atom stereocenters. The molecule has 35 heavy (non-hydrogen) atoms. The van der Waals surface area contributed by atoms with E-state index in [1.807, 2.05) is 6.92 Å². The Bertz CT molecular complexity index is 1650. The first-order valence-corrected chi connectivity index (χ1v) is 10.7. The largest absolute Gasteiger partial charge is 0.366 e. The number of nitrogens with zero attached hydrogens (tertiary/aromatic N) is 4. The fourth-order valence-electron chi connectivity index (χ4n) is 4.23. The van der Waals surface area contributed by atoms with Gasteiger partial charge in [-0.25, -0.2) is 23.1 Å². The van der Waals surface area contributed by atoms with E-state index in [9.17, 15) is 22.4 Å². The van der Waals surface area contributed by atoms with Crippen molar-refractivity contribution in [3.63, 3.8) is 0 Å². The highest BCUT2D eigenvalue weighted by atomic mass is 19.2. The second-order valence-electron chi connectivity index (χ2n) is 7.92. The van der Waals surface area contributed by atoms with E-state index in [0.29, 0.717) is 18.7 Å². The predicted molar refractivity (Wildman–Crippen MR) is 122 cm³/mol. The van der Waals surface area contributed by atoms with Crippen molar-refractivity contribution >= 4 is 27.8 Å². The molecule has 0 aliphatic rings. The summed E-state index contributed by atoms with van der Waals surface area (Å²) < 4.78 is 59.5. The lowest BCUT2D eigenvalue weighted by Gasteiger charge is -2.14. The SMILES string of the molecule is CCCc1nc2c(C(N)=O)cc(-c3ccnc(F)c3F)cc2n1-c1ccnc2c(F)ccc(F)c12. The third-order valence-corrected chi connectivity index (χ3v) is 5.74. The van der Waals surface area contributed by atoms with Gasteiger partial charge in [0, 0.05) is 24.4 Å². The fourth-order valence-corrected chi connectivity index (χ4v) is 4.23. The van der Waals surface area contributed by atoms with Gasteiger partial charge < -0.3 is 5.73 Å². The minimum atomic E-state index is -1.30. The highest BCUT2D eigenvalue weighted by Crippen LogP contribution is 2.34. The van der Waals surface area contributed by atoms with Crippen LogP contribution in [-0.2, 0) is 6.42 Å². The van der Waals surface area contributed by atoms with Gasteiger partial charge in [0.05, 0.1) is 22.2 Å². The number of carbonyl (C=O) groups is 1. The number of primary amides is 1. The third-order valence-electron chi connectivity index (χ3n) is 5.74. The van der Waals surface area contributed by atoms with Crippen LogP contribution in [-0.4, -0.2) is 25.4 Å².